The first-order chi connectivity index (χ1) is 5.88. The molecule has 2 atom stereocenters. The highest BCUT2D eigenvalue weighted by Crippen LogP contribution is 2.44. The predicted molar refractivity (Wildman–Crippen MR) is 58.6 cm³/mol. The van der Waals surface area contributed by atoms with Gasteiger partial charge in [-0.05, 0) is 10.8 Å². The van der Waals surface area contributed by atoms with E-state index >= 15 is 0 Å². The van der Waals surface area contributed by atoms with Crippen LogP contribution in [-0.2, 0) is 0 Å². The molecule has 0 N–H and O–H groups in total. The average molecular weight is 200 g/mol. The fraction of sp³-hybridized carbons (Fsp3) is 0. The van der Waals surface area contributed by atoms with Gasteiger partial charge in [-0.25, -0.2) is 0 Å². The van der Waals surface area contributed by atoms with E-state index < -0.39 is 21.8 Å². The second kappa shape index (κ2) is 3.28. The van der Waals surface area contributed by atoms with Gasteiger partial charge >= 0.3 is 0 Å². The van der Waals surface area contributed by atoms with Gasteiger partial charge in [0.05, 0.1) is 11.1 Å². The van der Waals surface area contributed by atoms with E-state index in [4.69, 9.17) is 0 Å². The number of rotatable bonds is 0. The molecule has 3 nitrogen and oxygen atoms in total. The van der Waals surface area contributed by atoms with E-state index in [1.165, 1.54) is 0 Å². The summed E-state index contributed by atoms with van der Waals surface area (Å²) in [5, 5.41) is 3.75. The van der Waals surface area contributed by atoms with Crippen molar-refractivity contribution in [3.8, 4) is 0 Å². The zero-order chi connectivity index (χ0) is 8.39. The third kappa shape index (κ3) is 1.37. The van der Waals surface area contributed by atoms with Gasteiger partial charge in [0.25, 0.3) is 0 Å². The van der Waals surface area contributed by atoms with Crippen molar-refractivity contribution < 1.29 is 4.79 Å². The van der Waals surface area contributed by atoms with Crippen molar-refractivity contribution in [1.82, 2.24) is 0 Å². The van der Waals surface area contributed by atoms with Gasteiger partial charge in [-0.2, -0.15) is 0 Å². The number of thiol groups is 2. The molecule has 2 aliphatic heterocycles. The van der Waals surface area contributed by atoms with Gasteiger partial charge in [-0.15, -0.1) is 21.8 Å². The molecule has 0 aliphatic carbocycles. The summed E-state index contributed by atoms with van der Waals surface area (Å²) >= 11 is 0. The molecule has 2 rings (SSSR count). The van der Waals surface area contributed by atoms with Crippen LogP contribution in [0, 0.1) is 0 Å². The molecule has 2 aliphatic rings. The first-order valence-electron chi connectivity index (χ1n) is 3.38. The summed E-state index contributed by atoms with van der Waals surface area (Å²) in [5.74, 6) is 0. The molecule has 0 radical (unpaired) electrons. The lowest BCUT2D eigenvalue weighted by molar-refractivity contribution is 0.276. The lowest BCUT2D eigenvalue weighted by Gasteiger charge is -2.11. The molecule has 0 saturated heterocycles. The van der Waals surface area contributed by atoms with Gasteiger partial charge in [0.2, 0.25) is 4.45 Å². The summed E-state index contributed by atoms with van der Waals surface area (Å²) in [5.41, 5.74) is 3.47. The fourth-order valence-corrected chi connectivity index (χ4v) is 4.14. The second-order valence-corrected chi connectivity index (χ2v) is 6.07. The van der Waals surface area contributed by atoms with E-state index in [1.807, 2.05) is 10.8 Å². The third-order valence-electron chi connectivity index (χ3n) is 1.45. The topological polar surface area (TPSA) is 41.8 Å². The molecule has 0 bridgehead atoms. The highest BCUT2D eigenvalue weighted by Gasteiger charge is 2.17. The van der Waals surface area contributed by atoms with E-state index in [9.17, 15) is 4.79 Å². The largest absolute Gasteiger partial charge is 0.277 e. The Morgan fingerprint density at radius 2 is 1.50 bits per heavy atom. The first-order valence-corrected chi connectivity index (χ1v) is 6.34. The van der Waals surface area contributed by atoms with E-state index in [-0.39, 0.29) is 4.45 Å². The zero-order valence-corrected chi connectivity index (χ0v) is 7.95. The first kappa shape index (κ1) is 7.82. The van der Waals surface area contributed by atoms with Crippen LogP contribution in [-0.4, -0.2) is 15.5 Å². The summed E-state index contributed by atoms with van der Waals surface area (Å²) in [6, 6.07) is 0. The normalized spacial score (nSPS) is 36.3. The van der Waals surface area contributed by atoms with Crippen LogP contribution in [0.25, 0.3) is 0 Å². The number of aliphatic imine (C=N–C) groups is 2. The van der Waals surface area contributed by atoms with Crippen LogP contribution in [0.3, 0.4) is 0 Å². The van der Waals surface area contributed by atoms with E-state index in [0.29, 0.717) is 0 Å². The van der Waals surface area contributed by atoms with Gasteiger partial charge in [0.1, 0.15) is 0 Å². The van der Waals surface area contributed by atoms with Crippen molar-refractivity contribution in [2.45, 2.75) is 0 Å². The molecule has 12 heavy (non-hydrogen) atoms. The minimum Gasteiger partial charge on any atom is -0.277 e. The Labute approximate surface area is 75.7 Å². The molecule has 0 saturated carbocycles. The van der Waals surface area contributed by atoms with Crippen LogP contribution >= 0.6 is 21.8 Å². The van der Waals surface area contributed by atoms with Crippen molar-refractivity contribution in [3.63, 3.8) is 0 Å². The maximum Gasteiger partial charge on any atom is 0.223 e. The van der Waals surface area contributed by atoms with Crippen LogP contribution < -0.4 is 0 Å². The lowest BCUT2D eigenvalue weighted by Crippen LogP contribution is -1.93. The molecule has 2 heterocycles. The number of carbonyl (C=O) groups excluding carboxylic acids is 1. The Balaban J connectivity index is 2.09. The molecule has 5 heteroatoms. The highest BCUT2D eigenvalue weighted by atomic mass is 32.3. The zero-order valence-electron chi connectivity index (χ0n) is 6.16. The fourth-order valence-electron chi connectivity index (χ4n) is 0.878. The maximum absolute atomic E-state index is 11.6. The molecule has 0 aromatic rings. The molecule has 0 amide bonds. The van der Waals surface area contributed by atoms with Crippen molar-refractivity contribution >= 4 is 37.3 Å². The minimum absolute atomic E-state index is 0.273. The highest BCUT2D eigenvalue weighted by molar-refractivity contribution is 8.64. The lowest BCUT2D eigenvalue weighted by atomic mass is 11.1. The third-order valence-corrected chi connectivity index (χ3v) is 5.39. The summed E-state index contributed by atoms with van der Waals surface area (Å²) in [4.78, 5) is 19.4. The smallest absolute Gasteiger partial charge is 0.223 e. The monoisotopic (exact) mass is 200 g/mol. The van der Waals surface area contributed by atoms with Gasteiger partial charge in [0, 0.05) is 12.4 Å². The molecule has 64 valence electrons. The molecule has 0 spiro atoms. The summed E-state index contributed by atoms with van der Waals surface area (Å²) in [6.07, 6.45) is 3.38. The standard InChI is InChI=1S/C7H8N2OS2/c10-7(11-3-1-8-5-11)12-4-2-9-6-12/h1-6,11-12H. The van der Waals surface area contributed by atoms with E-state index in [1.54, 1.807) is 23.5 Å². The van der Waals surface area contributed by atoms with Gasteiger partial charge < -0.3 is 0 Å². The summed E-state index contributed by atoms with van der Waals surface area (Å²) in [7, 11) is -1.48. The summed E-state index contributed by atoms with van der Waals surface area (Å²) in [6.45, 7) is 0. The van der Waals surface area contributed by atoms with Crippen molar-refractivity contribution in [1.29, 1.82) is 0 Å². The van der Waals surface area contributed by atoms with Gasteiger partial charge in [-0.3, -0.25) is 14.8 Å². The van der Waals surface area contributed by atoms with E-state index in [0.717, 1.165) is 0 Å². The Kier molecular flexibility index (Phi) is 2.14. The quantitative estimate of drug-likeness (QED) is 0.578. The Bertz CT molecular complexity index is 265. The molecule has 0 aromatic heterocycles. The molecule has 0 fully saturated rings. The van der Waals surface area contributed by atoms with Crippen molar-refractivity contribution in [2.24, 2.45) is 9.98 Å². The van der Waals surface area contributed by atoms with Crippen LogP contribution in [0.5, 0.6) is 0 Å². The SMILES string of the molecule is O=C([SH]1C=CN=C1)[SH]1C=CN=C1. The number of hydrogen-bond acceptors (Lipinski definition) is 3. The van der Waals surface area contributed by atoms with Crippen LogP contribution in [0.15, 0.2) is 33.2 Å². The summed E-state index contributed by atoms with van der Waals surface area (Å²) < 4.78 is 0.273. The Morgan fingerprint density at radius 3 is 1.83 bits per heavy atom. The Hall–Kier alpha value is -0.810. The number of nitrogens with zero attached hydrogens (tertiary/aromatic N) is 2. The van der Waals surface area contributed by atoms with Crippen LogP contribution in [0.1, 0.15) is 0 Å². The maximum atomic E-state index is 11.6. The minimum atomic E-state index is -0.742. The van der Waals surface area contributed by atoms with Crippen molar-refractivity contribution in [3.05, 3.63) is 23.2 Å². The molecule has 2 unspecified atom stereocenters. The van der Waals surface area contributed by atoms with Crippen molar-refractivity contribution in [2.75, 3.05) is 0 Å². The number of carbonyl (C=O) groups is 1. The van der Waals surface area contributed by atoms with Gasteiger partial charge in [0.15, 0.2) is 0 Å². The molecular formula is C7H8N2OS2. The molecular weight excluding hydrogens is 192 g/mol. The van der Waals surface area contributed by atoms with Crippen LogP contribution in [0.2, 0.25) is 0 Å². The van der Waals surface area contributed by atoms with Gasteiger partial charge in [-0.1, -0.05) is 0 Å². The number of hydrogen-bond donors (Lipinski definition) is 2. The van der Waals surface area contributed by atoms with E-state index in [2.05, 4.69) is 9.98 Å². The average Bonchev–Trinajstić information content (AvgIpc) is 2.77. The predicted octanol–water partition coefficient (Wildman–Crippen LogP) is 2.13. The van der Waals surface area contributed by atoms with Crippen LogP contribution in [0.4, 0.5) is 4.79 Å². The molecule has 0 aromatic carbocycles. The Morgan fingerprint density at radius 1 is 1.00 bits per heavy atom. The second-order valence-electron chi connectivity index (χ2n) is 2.22.